The lowest BCUT2D eigenvalue weighted by molar-refractivity contribution is 0.488. The molecule has 0 heterocycles. The van der Waals surface area contributed by atoms with E-state index in [0.717, 1.165) is 12.1 Å². The molecule has 0 saturated carbocycles. The van der Waals surface area contributed by atoms with Gasteiger partial charge in [-0.25, -0.2) is 17.6 Å². The maximum atomic E-state index is 13.8. The van der Waals surface area contributed by atoms with Crippen LogP contribution in [0.25, 0.3) is 0 Å². The molecule has 0 atom stereocenters. The first kappa shape index (κ1) is 14.6. The summed E-state index contributed by atoms with van der Waals surface area (Å²) in [5.74, 6) is -3.15. The fourth-order valence-corrected chi connectivity index (χ4v) is 2.13. The predicted octanol–water partition coefficient (Wildman–Crippen LogP) is 4.59. The highest BCUT2D eigenvalue weighted by molar-refractivity contribution is 5.28. The lowest BCUT2D eigenvalue weighted by atomic mass is 10.0. The van der Waals surface area contributed by atoms with Gasteiger partial charge in [0, 0.05) is 5.56 Å². The molecule has 20 heavy (non-hydrogen) atoms. The van der Waals surface area contributed by atoms with Crippen LogP contribution in [0.2, 0.25) is 0 Å². The van der Waals surface area contributed by atoms with E-state index >= 15 is 0 Å². The normalized spacial score (nSPS) is 10.8. The van der Waals surface area contributed by atoms with Crippen LogP contribution < -0.4 is 0 Å². The summed E-state index contributed by atoms with van der Waals surface area (Å²) in [6.07, 6.45) is 0.427. The molecule has 4 heteroatoms. The third kappa shape index (κ3) is 2.84. The Kier molecular flexibility index (Phi) is 4.42. The Bertz CT molecular complexity index is 600. The number of hydrogen-bond acceptors (Lipinski definition) is 0. The molecule has 2 aromatic rings. The van der Waals surface area contributed by atoms with Gasteiger partial charge in [0.1, 0.15) is 11.6 Å². The topological polar surface area (TPSA) is 0 Å². The molecular formula is C16H14F4. The van der Waals surface area contributed by atoms with Gasteiger partial charge < -0.3 is 0 Å². The Morgan fingerprint density at radius 3 is 1.90 bits per heavy atom. The number of aryl methyl sites for hydroxylation is 2. The molecule has 106 valence electrons. The minimum absolute atomic E-state index is 0.0136. The van der Waals surface area contributed by atoms with E-state index in [1.807, 2.05) is 0 Å². The molecule has 0 radical (unpaired) electrons. The molecule has 0 fully saturated rings. The standard InChI is InChI=1S/C16H14F4/c1-2-10-6-7-11(16(20)15(10)19)8-9-12-13(17)4-3-5-14(12)18/h3-7H,2,8-9H2,1H3. The zero-order valence-electron chi connectivity index (χ0n) is 11.0. The molecule has 0 aliphatic heterocycles. The van der Waals surface area contributed by atoms with Crippen molar-refractivity contribution in [3.8, 4) is 0 Å². The molecule has 2 aromatic carbocycles. The predicted molar refractivity (Wildman–Crippen MR) is 69.5 cm³/mol. The van der Waals surface area contributed by atoms with Crippen molar-refractivity contribution in [2.24, 2.45) is 0 Å². The summed E-state index contributed by atoms with van der Waals surface area (Å²) < 4.78 is 54.3. The van der Waals surface area contributed by atoms with Gasteiger partial charge in [0.15, 0.2) is 11.6 Å². The highest BCUT2D eigenvalue weighted by Crippen LogP contribution is 2.20. The average Bonchev–Trinajstić information content (AvgIpc) is 2.43. The van der Waals surface area contributed by atoms with E-state index in [4.69, 9.17) is 0 Å². The van der Waals surface area contributed by atoms with E-state index in [1.54, 1.807) is 6.92 Å². The van der Waals surface area contributed by atoms with Crippen molar-refractivity contribution in [2.75, 3.05) is 0 Å². The summed E-state index contributed by atoms with van der Waals surface area (Å²) in [5, 5.41) is 0. The van der Waals surface area contributed by atoms with Crippen LogP contribution in [0.4, 0.5) is 17.6 Å². The van der Waals surface area contributed by atoms with Crippen molar-refractivity contribution < 1.29 is 17.6 Å². The van der Waals surface area contributed by atoms with Crippen LogP contribution in [0.1, 0.15) is 23.6 Å². The molecule has 0 N–H and O–H groups in total. The maximum Gasteiger partial charge on any atom is 0.162 e. The van der Waals surface area contributed by atoms with Crippen LogP contribution in [0.3, 0.4) is 0 Å². The molecule has 0 aromatic heterocycles. The highest BCUT2D eigenvalue weighted by atomic mass is 19.2. The summed E-state index contributed by atoms with van der Waals surface area (Å²) in [4.78, 5) is 0. The van der Waals surface area contributed by atoms with Crippen LogP contribution in [0.15, 0.2) is 30.3 Å². The first-order valence-corrected chi connectivity index (χ1v) is 6.43. The largest absolute Gasteiger partial charge is 0.207 e. The van der Waals surface area contributed by atoms with Gasteiger partial charge in [0.25, 0.3) is 0 Å². The maximum absolute atomic E-state index is 13.8. The third-order valence-electron chi connectivity index (χ3n) is 3.33. The summed E-state index contributed by atoms with van der Waals surface area (Å²) in [6, 6.07) is 6.54. The molecule has 0 saturated heterocycles. The third-order valence-corrected chi connectivity index (χ3v) is 3.33. The number of hydrogen-bond donors (Lipinski definition) is 0. The second-order valence-corrected chi connectivity index (χ2v) is 4.57. The van der Waals surface area contributed by atoms with Gasteiger partial charge in [0.05, 0.1) is 0 Å². The van der Waals surface area contributed by atoms with Gasteiger partial charge in [-0.1, -0.05) is 25.1 Å². The highest BCUT2D eigenvalue weighted by Gasteiger charge is 2.14. The van der Waals surface area contributed by atoms with Crippen molar-refractivity contribution >= 4 is 0 Å². The van der Waals surface area contributed by atoms with Crippen LogP contribution >= 0.6 is 0 Å². The molecule has 0 unspecified atom stereocenters. The summed E-state index contributed by atoms with van der Waals surface area (Å²) in [6.45, 7) is 1.73. The van der Waals surface area contributed by atoms with Crippen LogP contribution in [0, 0.1) is 23.3 Å². The van der Waals surface area contributed by atoms with E-state index in [-0.39, 0.29) is 24.0 Å². The van der Waals surface area contributed by atoms with Crippen LogP contribution in [-0.4, -0.2) is 0 Å². The van der Waals surface area contributed by atoms with Crippen molar-refractivity contribution in [1.82, 2.24) is 0 Å². The second-order valence-electron chi connectivity index (χ2n) is 4.57. The quantitative estimate of drug-likeness (QED) is 0.719. The van der Waals surface area contributed by atoms with Crippen molar-refractivity contribution in [3.63, 3.8) is 0 Å². The van der Waals surface area contributed by atoms with Crippen molar-refractivity contribution in [1.29, 1.82) is 0 Å². The van der Waals surface area contributed by atoms with E-state index in [9.17, 15) is 17.6 Å². The van der Waals surface area contributed by atoms with Gasteiger partial charge in [-0.15, -0.1) is 0 Å². The van der Waals surface area contributed by atoms with E-state index in [0.29, 0.717) is 12.0 Å². The van der Waals surface area contributed by atoms with E-state index < -0.39 is 23.3 Å². The van der Waals surface area contributed by atoms with Gasteiger partial charge in [-0.2, -0.15) is 0 Å². The van der Waals surface area contributed by atoms with Crippen LogP contribution in [-0.2, 0) is 19.3 Å². The van der Waals surface area contributed by atoms with Gasteiger partial charge in [0.2, 0.25) is 0 Å². The molecule has 0 amide bonds. The van der Waals surface area contributed by atoms with Crippen molar-refractivity contribution in [3.05, 3.63) is 70.3 Å². The molecule has 0 aliphatic rings. The lowest BCUT2D eigenvalue weighted by Crippen LogP contribution is -2.03. The Morgan fingerprint density at radius 1 is 0.750 bits per heavy atom. The van der Waals surface area contributed by atoms with Gasteiger partial charge in [-0.3, -0.25) is 0 Å². The lowest BCUT2D eigenvalue weighted by Gasteiger charge is -2.08. The molecule has 0 bridgehead atoms. The van der Waals surface area contributed by atoms with Gasteiger partial charge in [-0.05, 0) is 42.5 Å². The summed E-state index contributed by atoms with van der Waals surface area (Å²) in [5.41, 5.74) is 0.317. The minimum atomic E-state index is -0.930. The Balaban J connectivity index is 2.22. The molecule has 2 rings (SSSR count). The second kappa shape index (κ2) is 6.07. The average molecular weight is 282 g/mol. The smallest absolute Gasteiger partial charge is 0.162 e. The van der Waals surface area contributed by atoms with Crippen molar-refractivity contribution in [2.45, 2.75) is 26.2 Å². The van der Waals surface area contributed by atoms with Gasteiger partial charge >= 0.3 is 0 Å². The zero-order chi connectivity index (χ0) is 14.7. The zero-order valence-corrected chi connectivity index (χ0v) is 11.0. The molecular weight excluding hydrogens is 268 g/mol. The minimum Gasteiger partial charge on any atom is -0.207 e. The first-order valence-electron chi connectivity index (χ1n) is 6.43. The summed E-state index contributed by atoms with van der Waals surface area (Å²) >= 11 is 0. The SMILES string of the molecule is CCc1ccc(CCc2c(F)cccc2F)c(F)c1F. The first-order chi connectivity index (χ1) is 9.54. The van der Waals surface area contributed by atoms with E-state index in [2.05, 4.69) is 0 Å². The Hall–Kier alpha value is -1.84. The summed E-state index contributed by atoms with van der Waals surface area (Å²) in [7, 11) is 0. The number of benzene rings is 2. The molecule has 0 spiro atoms. The van der Waals surface area contributed by atoms with E-state index in [1.165, 1.54) is 18.2 Å². The van der Waals surface area contributed by atoms with Crippen LogP contribution in [0.5, 0.6) is 0 Å². The number of halogens is 4. The molecule has 0 nitrogen and oxygen atoms in total. The Morgan fingerprint density at radius 2 is 1.30 bits per heavy atom. The Labute approximate surface area is 115 Å². The number of rotatable bonds is 4. The fourth-order valence-electron chi connectivity index (χ4n) is 2.13. The monoisotopic (exact) mass is 282 g/mol. The fraction of sp³-hybridized carbons (Fsp3) is 0.250. The molecule has 0 aliphatic carbocycles.